The fourth-order valence-corrected chi connectivity index (χ4v) is 2.62. The Balaban J connectivity index is 2.43. The average molecular weight is 255 g/mol. The Hall–Kier alpha value is -0.610. The van der Waals surface area contributed by atoms with E-state index in [0.717, 1.165) is 25.8 Å². The van der Waals surface area contributed by atoms with Crippen molar-refractivity contribution in [3.8, 4) is 0 Å². The largest absolute Gasteiger partial charge is 0.353 e. The molecular weight excluding hydrogens is 226 g/mol. The molecule has 1 rings (SSSR count). The summed E-state index contributed by atoms with van der Waals surface area (Å²) >= 11 is 0. The highest BCUT2D eigenvalue weighted by Gasteiger charge is 2.26. The van der Waals surface area contributed by atoms with Crippen LogP contribution in [0, 0.1) is 11.8 Å². The van der Waals surface area contributed by atoms with Gasteiger partial charge in [-0.15, -0.1) is 0 Å². The van der Waals surface area contributed by atoms with Crippen LogP contribution in [0.2, 0.25) is 0 Å². The second-order valence-electron chi connectivity index (χ2n) is 6.12. The number of carbonyl (C=O) groups is 1. The first kappa shape index (κ1) is 15.4. The van der Waals surface area contributed by atoms with Crippen molar-refractivity contribution in [2.24, 2.45) is 17.6 Å². The molecule has 0 aromatic rings. The SMILES string of the molecule is CC(C)CC(CN)C(=O)NC1CCN(C)C(C)C1. The van der Waals surface area contributed by atoms with Crippen LogP contribution in [0.1, 0.15) is 40.0 Å². The first-order valence-corrected chi connectivity index (χ1v) is 7.14. The highest BCUT2D eigenvalue weighted by Crippen LogP contribution is 2.17. The Bertz CT molecular complexity index is 268. The van der Waals surface area contributed by atoms with Crippen molar-refractivity contribution in [3.63, 3.8) is 0 Å². The van der Waals surface area contributed by atoms with Crippen molar-refractivity contribution in [2.75, 3.05) is 20.1 Å². The van der Waals surface area contributed by atoms with Gasteiger partial charge in [0, 0.05) is 25.2 Å². The molecular formula is C14H29N3O. The fraction of sp³-hybridized carbons (Fsp3) is 0.929. The van der Waals surface area contributed by atoms with Gasteiger partial charge in [0.05, 0.1) is 5.92 Å². The number of carbonyl (C=O) groups excluding carboxylic acids is 1. The summed E-state index contributed by atoms with van der Waals surface area (Å²) in [5.41, 5.74) is 5.71. The number of rotatable bonds is 5. The predicted octanol–water partition coefficient (Wildman–Crippen LogP) is 1.21. The molecule has 4 nitrogen and oxygen atoms in total. The van der Waals surface area contributed by atoms with Gasteiger partial charge in [0.15, 0.2) is 0 Å². The van der Waals surface area contributed by atoms with E-state index >= 15 is 0 Å². The Morgan fingerprint density at radius 3 is 2.67 bits per heavy atom. The van der Waals surface area contributed by atoms with Crippen molar-refractivity contribution < 1.29 is 4.79 Å². The zero-order chi connectivity index (χ0) is 13.7. The lowest BCUT2D eigenvalue weighted by Crippen LogP contribution is -2.49. The number of hydrogen-bond donors (Lipinski definition) is 2. The number of nitrogens with zero attached hydrogens (tertiary/aromatic N) is 1. The zero-order valence-corrected chi connectivity index (χ0v) is 12.3. The van der Waals surface area contributed by atoms with Gasteiger partial charge in [-0.1, -0.05) is 13.8 Å². The quantitative estimate of drug-likeness (QED) is 0.776. The molecule has 106 valence electrons. The van der Waals surface area contributed by atoms with Crippen LogP contribution in [0.3, 0.4) is 0 Å². The number of amides is 1. The number of nitrogens with two attached hydrogens (primary N) is 1. The molecule has 4 heteroatoms. The Morgan fingerprint density at radius 2 is 2.17 bits per heavy atom. The Labute approximate surface area is 111 Å². The normalized spacial score (nSPS) is 27.2. The van der Waals surface area contributed by atoms with Crippen LogP contribution in [0.25, 0.3) is 0 Å². The van der Waals surface area contributed by atoms with Crippen molar-refractivity contribution in [1.29, 1.82) is 0 Å². The molecule has 1 fully saturated rings. The van der Waals surface area contributed by atoms with Gasteiger partial charge in [-0.2, -0.15) is 0 Å². The summed E-state index contributed by atoms with van der Waals surface area (Å²) in [7, 11) is 2.14. The van der Waals surface area contributed by atoms with Crippen molar-refractivity contribution in [1.82, 2.24) is 10.2 Å². The van der Waals surface area contributed by atoms with E-state index in [2.05, 4.69) is 38.0 Å². The summed E-state index contributed by atoms with van der Waals surface area (Å²) in [6.45, 7) is 7.99. The van der Waals surface area contributed by atoms with Crippen LogP contribution in [0.4, 0.5) is 0 Å². The summed E-state index contributed by atoms with van der Waals surface area (Å²) in [4.78, 5) is 14.5. The van der Waals surface area contributed by atoms with Gasteiger partial charge in [0.2, 0.25) is 5.91 Å². The number of likely N-dealkylation sites (tertiary alicyclic amines) is 1. The van der Waals surface area contributed by atoms with E-state index in [1.807, 2.05) is 0 Å². The maximum Gasteiger partial charge on any atom is 0.224 e. The standard InChI is InChI=1S/C14H29N3O/c1-10(2)7-12(9-15)14(18)16-13-5-6-17(4)11(3)8-13/h10-13H,5-9,15H2,1-4H3,(H,16,18). The van der Waals surface area contributed by atoms with E-state index in [9.17, 15) is 4.79 Å². The summed E-state index contributed by atoms with van der Waals surface area (Å²) in [6, 6.07) is 0.871. The van der Waals surface area contributed by atoms with Crippen molar-refractivity contribution >= 4 is 5.91 Å². The highest BCUT2D eigenvalue weighted by atomic mass is 16.1. The predicted molar refractivity (Wildman–Crippen MR) is 75.3 cm³/mol. The second-order valence-corrected chi connectivity index (χ2v) is 6.12. The van der Waals surface area contributed by atoms with Crippen LogP contribution in [0.15, 0.2) is 0 Å². The Kier molecular flexibility index (Phi) is 6.09. The van der Waals surface area contributed by atoms with Crippen LogP contribution >= 0.6 is 0 Å². The van der Waals surface area contributed by atoms with Crippen LogP contribution < -0.4 is 11.1 Å². The zero-order valence-electron chi connectivity index (χ0n) is 12.3. The number of piperidine rings is 1. The monoisotopic (exact) mass is 255 g/mol. The lowest BCUT2D eigenvalue weighted by molar-refractivity contribution is -0.126. The third-order valence-corrected chi connectivity index (χ3v) is 3.97. The molecule has 0 aliphatic carbocycles. The molecule has 0 aromatic heterocycles. The summed E-state index contributed by atoms with van der Waals surface area (Å²) in [5.74, 6) is 0.633. The van der Waals surface area contributed by atoms with E-state index in [0.29, 0.717) is 24.5 Å². The first-order chi connectivity index (χ1) is 8.43. The molecule has 1 amide bonds. The number of hydrogen-bond acceptors (Lipinski definition) is 3. The minimum atomic E-state index is -0.0278. The Morgan fingerprint density at radius 1 is 1.50 bits per heavy atom. The lowest BCUT2D eigenvalue weighted by Gasteiger charge is -2.36. The van der Waals surface area contributed by atoms with E-state index in [-0.39, 0.29) is 11.8 Å². The fourth-order valence-electron chi connectivity index (χ4n) is 2.62. The van der Waals surface area contributed by atoms with Gasteiger partial charge in [-0.25, -0.2) is 0 Å². The van der Waals surface area contributed by atoms with E-state index in [1.54, 1.807) is 0 Å². The average Bonchev–Trinajstić information content (AvgIpc) is 2.30. The molecule has 18 heavy (non-hydrogen) atoms. The maximum atomic E-state index is 12.2. The molecule has 3 unspecified atom stereocenters. The van der Waals surface area contributed by atoms with Crippen LogP contribution in [-0.4, -0.2) is 43.0 Å². The lowest BCUT2D eigenvalue weighted by atomic mass is 9.94. The summed E-state index contributed by atoms with van der Waals surface area (Å²) in [6.07, 6.45) is 2.97. The van der Waals surface area contributed by atoms with Crippen molar-refractivity contribution in [2.45, 2.75) is 52.1 Å². The minimum absolute atomic E-state index is 0.0278. The van der Waals surface area contributed by atoms with E-state index in [4.69, 9.17) is 5.73 Å². The molecule has 1 aliphatic heterocycles. The summed E-state index contributed by atoms with van der Waals surface area (Å²) < 4.78 is 0. The molecule has 3 atom stereocenters. The van der Waals surface area contributed by atoms with Gasteiger partial charge in [0.1, 0.15) is 0 Å². The van der Waals surface area contributed by atoms with Crippen LogP contribution in [-0.2, 0) is 4.79 Å². The first-order valence-electron chi connectivity index (χ1n) is 7.14. The van der Waals surface area contributed by atoms with Crippen LogP contribution in [0.5, 0.6) is 0 Å². The van der Waals surface area contributed by atoms with Gasteiger partial charge in [-0.3, -0.25) is 4.79 Å². The molecule has 1 saturated heterocycles. The third-order valence-electron chi connectivity index (χ3n) is 3.97. The molecule has 0 spiro atoms. The van der Waals surface area contributed by atoms with Gasteiger partial charge in [0.25, 0.3) is 0 Å². The molecule has 0 bridgehead atoms. The molecule has 0 radical (unpaired) electrons. The van der Waals surface area contributed by atoms with Gasteiger partial charge >= 0.3 is 0 Å². The molecule has 1 heterocycles. The smallest absolute Gasteiger partial charge is 0.224 e. The van der Waals surface area contributed by atoms with E-state index in [1.165, 1.54) is 0 Å². The van der Waals surface area contributed by atoms with E-state index < -0.39 is 0 Å². The molecule has 1 aliphatic rings. The van der Waals surface area contributed by atoms with Crippen molar-refractivity contribution in [3.05, 3.63) is 0 Å². The van der Waals surface area contributed by atoms with Gasteiger partial charge < -0.3 is 16.0 Å². The molecule has 0 saturated carbocycles. The maximum absolute atomic E-state index is 12.2. The molecule has 3 N–H and O–H groups in total. The second kappa shape index (κ2) is 7.10. The minimum Gasteiger partial charge on any atom is -0.353 e. The third kappa shape index (κ3) is 4.58. The van der Waals surface area contributed by atoms with Gasteiger partial charge in [-0.05, 0) is 39.2 Å². The topological polar surface area (TPSA) is 58.4 Å². The highest BCUT2D eigenvalue weighted by molar-refractivity contribution is 5.79. The number of nitrogens with one attached hydrogen (secondary N) is 1. The summed E-state index contributed by atoms with van der Waals surface area (Å²) in [5, 5.41) is 3.18. The molecule has 0 aromatic carbocycles.